The number of fused-ring (bicyclic) bond motifs is 1. The van der Waals surface area contributed by atoms with E-state index in [1.54, 1.807) is 23.1 Å². The van der Waals surface area contributed by atoms with Crippen molar-refractivity contribution in [3.63, 3.8) is 0 Å². The van der Waals surface area contributed by atoms with Crippen LogP contribution in [0.4, 0.5) is 0 Å². The first-order valence-corrected chi connectivity index (χ1v) is 7.35. The van der Waals surface area contributed by atoms with Gasteiger partial charge >= 0.3 is 0 Å². The molecule has 0 bridgehead atoms. The zero-order valence-corrected chi connectivity index (χ0v) is 11.2. The molecule has 0 aliphatic rings. The molecule has 0 spiro atoms. The molecular formula is C15H11NS2. The van der Waals surface area contributed by atoms with Gasteiger partial charge in [-0.1, -0.05) is 54.2 Å². The minimum absolute atomic E-state index is 1.08. The molecule has 0 atom stereocenters. The molecule has 3 heteroatoms. The maximum Gasteiger partial charge on any atom is 0.155 e. The van der Waals surface area contributed by atoms with Crippen molar-refractivity contribution in [2.75, 3.05) is 0 Å². The van der Waals surface area contributed by atoms with Crippen molar-refractivity contribution >= 4 is 39.4 Å². The predicted molar refractivity (Wildman–Crippen MR) is 81.0 cm³/mol. The van der Waals surface area contributed by atoms with Crippen LogP contribution in [0.5, 0.6) is 0 Å². The molecule has 1 nitrogen and oxygen atoms in total. The molecule has 2 aromatic carbocycles. The molecule has 0 N–H and O–H groups in total. The van der Waals surface area contributed by atoms with Crippen LogP contribution in [0.3, 0.4) is 0 Å². The van der Waals surface area contributed by atoms with Crippen LogP contribution in [0, 0.1) is 0 Å². The van der Waals surface area contributed by atoms with Crippen LogP contribution in [-0.2, 0) is 0 Å². The minimum Gasteiger partial charge on any atom is -0.229 e. The number of thiazole rings is 1. The molecule has 0 saturated heterocycles. The molecule has 0 aliphatic heterocycles. The van der Waals surface area contributed by atoms with E-state index < -0.39 is 0 Å². The van der Waals surface area contributed by atoms with Crippen molar-refractivity contribution in [2.24, 2.45) is 0 Å². The summed E-state index contributed by atoms with van der Waals surface area (Å²) in [6, 6.07) is 18.5. The fraction of sp³-hybridized carbons (Fsp3) is 0. The van der Waals surface area contributed by atoms with E-state index >= 15 is 0 Å². The first kappa shape index (κ1) is 11.5. The number of hydrogen-bond donors (Lipinski definition) is 0. The molecule has 3 rings (SSSR count). The Balaban J connectivity index is 1.75. The molecule has 3 aromatic rings. The largest absolute Gasteiger partial charge is 0.229 e. The molecule has 0 saturated carbocycles. The first-order chi connectivity index (χ1) is 8.92. The van der Waals surface area contributed by atoms with Crippen LogP contribution in [0.2, 0.25) is 0 Å². The predicted octanol–water partition coefficient (Wildman–Crippen LogP) is 5.06. The zero-order chi connectivity index (χ0) is 12.2. The van der Waals surface area contributed by atoms with Crippen LogP contribution in [0.1, 0.15) is 5.56 Å². The number of hydrogen-bond acceptors (Lipinski definition) is 3. The summed E-state index contributed by atoms with van der Waals surface area (Å²) < 4.78 is 2.33. The summed E-state index contributed by atoms with van der Waals surface area (Å²) >= 11 is 3.40. The fourth-order valence-corrected chi connectivity index (χ4v) is 3.45. The van der Waals surface area contributed by atoms with Gasteiger partial charge in [0.1, 0.15) is 0 Å². The van der Waals surface area contributed by atoms with Gasteiger partial charge in [-0.2, -0.15) is 0 Å². The van der Waals surface area contributed by atoms with E-state index in [9.17, 15) is 0 Å². The van der Waals surface area contributed by atoms with E-state index in [-0.39, 0.29) is 0 Å². The summed E-state index contributed by atoms with van der Waals surface area (Å²) in [5, 5.41) is 2.09. The maximum atomic E-state index is 4.57. The standard InChI is InChI=1S/C15H11NS2/c1-2-6-12(7-3-1)10-11-17-15-16-13-8-4-5-9-14(13)18-15/h1-11H/b11-10-. The second-order valence-corrected chi connectivity index (χ2v) is 5.96. The number of aromatic nitrogens is 1. The highest BCUT2D eigenvalue weighted by Gasteiger charge is 2.01. The summed E-state index contributed by atoms with van der Waals surface area (Å²) in [4.78, 5) is 4.57. The Labute approximate surface area is 114 Å². The molecule has 88 valence electrons. The third kappa shape index (κ3) is 2.63. The summed E-state index contributed by atoms with van der Waals surface area (Å²) in [5.41, 5.74) is 2.30. The van der Waals surface area contributed by atoms with Gasteiger partial charge in [0.2, 0.25) is 0 Å². The van der Waals surface area contributed by atoms with Crippen molar-refractivity contribution in [2.45, 2.75) is 4.34 Å². The van der Waals surface area contributed by atoms with E-state index in [0.717, 1.165) is 9.86 Å². The molecule has 0 aliphatic carbocycles. The average molecular weight is 269 g/mol. The SMILES string of the molecule is C(=C/c1ccccc1)/Sc1nc2ccccc2s1. The van der Waals surface area contributed by atoms with E-state index in [4.69, 9.17) is 0 Å². The zero-order valence-electron chi connectivity index (χ0n) is 9.61. The minimum atomic E-state index is 1.08. The van der Waals surface area contributed by atoms with Crippen molar-refractivity contribution in [1.82, 2.24) is 4.98 Å². The molecule has 0 unspecified atom stereocenters. The molecular weight excluding hydrogens is 258 g/mol. The monoisotopic (exact) mass is 269 g/mol. The van der Waals surface area contributed by atoms with Gasteiger partial charge in [0.05, 0.1) is 10.2 Å². The summed E-state index contributed by atoms with van der Waals surface area (Å²) in [6.07, 6.45) is 2.11. The number of para-hydroxylation sites is 1. The second-order valence-electron chi connectivity index (χ2n) is 3.78. The highest BCUT2D eigenvalue weighted by atomic mass is 32.2. The van der Waals surface area contributed by atoms with Crippen molar-refractivity contribution in [1.29, 1.82) is 0 Å². The first-order valence-electron chi connectivity index (χ1n) is 5.66. The number of nitrogens with zero attached hydrogens (tertiary/aromatic N) is 1. The van der Waals surface area contributed by atoms with Gasteiger partial charge in [0, 0.05) is 0 Å². The van der Waals surface area contributed by atoms with E-state index in [2.05, 4.69) is 46.8 Å². The molecule has 0 amide bonds. The lowest BCUT2D eigenvalue weighted by Crippen LogP contribution is -1.68. The summed E-state index contributed by atoms with van der Waals surface area (Å²) in [5.74, 6) is 0. The van der Waals surface area contributed by atoms with E-state index in [0.29, 0.717) is 0 Å². The van der Waals surface area contributed by atoms with Gasteiger partial charge < -0.3 is 0 Å². The van der Waals surface area contributed by atoms with Crippen LogP contribution >= 0.6 is 23.1 Å². The number of thioether (sulfide) groups is 1. The van der Waals surface area contributed by atoms with Crippen LogP contribution in [-0.4, -0.2) is 4.98 Å². The second kappa shape index (κ2) is 5.38. The van der Waals surface area contributed by atoms with Gasteiger partial charge in [-0.05, 0) is 29.2 Å². The average Bonchev–Trinajstić information content (AvgIpc) is 2.82. The van der Waals surface area contributed by atoms with E-state index in [1.165, 1.54) is 10.3 Å². The lowest BCUT2D eigenvalue weighted by atomic mass is 10.2. The Morgan fingerprint density at radius 1 is 0.944 bits per heavy atom. The topological polar surface area (TPSA) is 12.9 Å². The Kier molecular flexibility index (Phi) is 3.44. The van der Waals surface area contributed by atoms with Gasteiger partial charge in [-0.3, -0.25) is 0 Å². The smallest absolute Gasteiger partial charge is 0.155 e. The van der Waals surface area contributed by atoms with Gasteiger partial charge in [0.15, 0.2) is 4.34 Å². The third-order valence-corrected chi connectivity index (χ3v) is 4.44. The van der Waals surface area contributed by atoms with Crippen molar-refractivity contribution in [3.05, 3.63) is 65.6 Å². The van der Waals surface area contributed by atoms with Crippen LogP contribution in [0.25, 0.3) is 16.3 Å². The van der Waals surface area contributed by atoms with Gasteiger partial charge in [-0.15, -0.1) is 11.3 Å². The Bertz CT molecular complexity index is 638. The van der Waals surface area contributed by atoms with Crippen LogP contribution < -0.4 is 0 Å². The van der Waals surface area contributed by atoms with Crippen molar-refractivity contribution in [3.8, 4) is 0 Å². The number of rotatable bonds is 3. The van der Waals surface area contributed by atoms with Gasteiger partial charge in [0.25, 0.3) is 0 Å². The normalized spacial score (nSPS) is 11.3. The van der Waals surface area contributed by atoms with Crippen LogP contribution in [0.15, 0.2) is 64.3 Å². The van der Waals surface area contributed by atoms with Crippen molar-refractivity contribution < 1.29 is 0 Å². The Hall–Kier alpha value is -1.58. The highest BCUT2D eigenvalue weighted by Crippen LogP contribution is 2.30. The van der Waals surface area contributed by atoms with E-state index in [1.807, 2.05) is 24.3 Å². The molecule has 1 aromatic heterocycles. The lowest BCUT2D eigenvalue weighted by molar-refractivity contribution is 1.31. The quantitative estimate of drug-likeness (QED) is 0.616. The fourth-order valence-electron chi connectivity index (χ4n) is 1.64. The number of benzene rings is 2. The Morgan fingerprint density at radius 2 is 1.72 bits per heavy atom. The summed E-state index contributed by atoms with van der Waals surface area (Å²) in [7, 11) is 0. The summed E-state index contributed by atoms with van der Waals surface area (Å²) in [6.45, 7) is 0. The molecule has 18 heavy (non-hydrogen) atoms. The molecule has 0 fully saturated rings. The third-order valence-electron chi connectivity index (χ3n) is 2.50. The molecule has 0 radical (unpaired) electrons. The Morgan fingerprint density at radius 3 is 2.56 bits per heavy atom. The highest BCUT2D eigenvalue weighted by molar-refractivity contribution is 8.04. The lowest BCUT2D eigenvalue weighted by Gasteiger charge is -1.90. The molecule has 1 heterocycles. The van der Waals surface area contributed by atoms with Gasteiger partial charge in [-0.25, -0.2) is 4.98 Å². The maximum absolute atomic E-state index is 4.57.